The summed E-state index contributed by atoms with van der Waals surface area (Å²) in [7, 11) is 1.32. The molecule has 1 heterocycles. The number of rotatable bonds is 4. The lowest BCUT2D eigenvalue weighted by Gasteiger charge is -2.06. The van der Waals surface area contributed by atoms with Crippen LogP contribution in [-0.4, -0.2) is 18.1 Å². The number of thiazole rings is 1. The fraction of sp³-hybridized carbons (Fsp3) is 0.158. The zero-order valence-electron chi connectivity index (χ0n) is 14.0. The summed E-state index contributed by atoms with van der Waals surface area (Å²) < 4.78 is 43.4. The molecule has 3 rings (SSSR count). The van der Waals surface area contributed by atoms with Crippen molar-refractivity contribution in [2.75, 3.05) is 7.11 Å². The third-order valence-corrected chi connectivity index (χ3v) is 5.55. The topological polar surface area (TPSA) is 39.2 Å². The number of halogens is 4. The molecule has 0 aliphatic carbocycles. The average molecular weight is 456 g/mol. The molecular formula is C19H13BrF3NO2S. The third kappa shape index (κ3) is 4.56. The van der Waals surface area contributed by atoms with Crippen LogP contribution < -0.4 is 0 Å². The minimum absolute atomic E-state index is 0.415. The molecule has 2 aromatic carbocycles. The number of esters is 1. The van der Waals surface area contributed by atoms with Crippen LogP contribution in [0, 0.1) is 0 Å². The molecule has 140 valence electrons. The maximum absolute atomic E-state index is 12.6. The number of methoxy groups -OCH3 is 1. The summed E-state index contributed by atoms with van der Waals surface area (Å²) in [4.78, 5) is 16.1. The van der Waals surface area contributed by atoms with E-state index in [2.05, 4.69) is 25.7 Å². The van der Waals surface area contributed by atoms with Crippen molar-refractivity contribution in [3.63, 3.8) is 0 Å². The molecule has 0 saturated carbocycles. The highest BCUT2D eigenvalue weighted by Gasteiger charge is 2.29. The number of nitrogens with zero attached hydrogens (tertiary/aromatic N) is 1. The zero-order chi connectivity index (χ0) is 19.6. The van der Waals surface area contributed by atoms with E-state index in [1.54, 1.807) is 24.3 Å². The normalized spacial score (nSPS) is 11.4. The van der Waals surface area contributed by atoms with Gasteiger partial charge < -0.3 is 4.74 Å². The molecule has 0 amide bonds. The summed E-state index contributed by atoms with van der Waals surface area (Å²) in [5, 5.41) is 0.772. The van der Waals surface area contributed by atoms with Crippen molar-refractivity contribution >= 4 is 33.2 Å². The summed E-state index contributed by atoms with van der Waals surface area (Å²) in [6.07, 6.45) is -3.91. The van der Waals surface area contributed by atoms with Crippen LogP contribution in [0.5, 0.6) is 0 Å². The Labute approximate surface area is 166 Å². The predicted octanol–water partition coefficient (Wildman–Crippen LogP) is 5.97. The molecule has 3 aromatic rings. The second kappa shape index (κ2) is 7.82. The van der Waals surface area contributed by atoms with Gasteiger partial charge in [-0.2, -0.15) is 13.2 Å². The molecule has 3 nitrogen and oxygen atoms in total. The molecule has 0 saturated heterocycles. The van der Waals surface area contributed by atoms with Gasteiger partial charge in [0.15, 0.2) is 0 Å². The number of carbonyl (C=O) groups excluding carboxylic acids is 1. The Balaban J connectivity index is 1.79. The van der Waals surface area contributed by atoms with E-state index in [1.165, 1.54) is 30.6 Å². The molecular weight excluding hydrogens is 443 g/mol. The van der Waals surface area contributed by atoms with Crippen molar-refractivity contribution < 1.29 is 22.7 Å². The van der Waals surface area contributed by atoms with Crippen LogP contribution in [0.25, 0.3) is 11.3 Å². The van der Waals surface area contributed by atoms with Gasteiger partial charge in [-0.1, -0.05) is 24.3 Å². The second-order valence-corrected chi connectivity index (χ2v) is 8.07. The first-order valence-corrected chi connectivity index (χ1v) is 9.39. The Hall–Kier alpha value is -2.19. The highest BCUT2D eigenvalue weighted by molar-refractivity contribution is 9.11. The van der Waals surface area contributed by atoms with Crippen molar-refractivity contribution in [2.24, 2.45) is 0 Å². The van der Waals surface area contributed by atoms with Crippen molar-refractivity contribution in [1.29, 1.82) is 0 Å². The molecule has 0 aliphatic rings. The van der Waals surface area contributed by atoms with E-state index in [0.29, 0.717) is 12.0 Å². The molecule has 1 aromatic heterocycles. The van der Waals surface area contributed by atoms with E-state index >= 15 is 0 Å². The quantitative estimate of drug-likeness (QED) is 0.455. The van der Waals surface area contributed by atoms with E-state index in [1.807, 2.05) is 0 Å². The lowest BCUT2D eigenvalue weighted by molar-refractivity contribution is -0.137. The molecule has 0 radical (unpaired) electrons. The fourth-order valence-electron chi connectivity index (χ4n) is 2.47. The minimum Gasteiger partial charge on any atom is -0.465 e. The number of hydrogen-bond acceptors (Lipinski definition) is 4. The minimum atomic E-state index is -4.34. The van der Waals surface area contributed by atoms with Gasteiger partial charge in [-0.15, -0.1) is 11.3 Å². The fourth-order valence-corrected chi connectivity index (χ4v) is 4.19. The highest BCUT2D eigenvalue weighted by Crippen LogP contribution is 2.34. The Morgan fingerprint density at radius 2 is 1.74 bits per heavy atom. The van der Waals surface area contributed by atoms with E-state index in [-0.39, 0.29) is 0 Å². The molecule has 0 aliphatic heterocycles. The van der Waals surface area contributed by atoms with Crippen molar-refractivity contribution in [3.05, 3.63) is 74.0 Å². The first kappa shape index (κ1) is 19.6. The summed E-state index contributed by atoms with van der Waals surface area (Å²) in [5.74, 6) is -0.415. The maximum atomic E-state index is 12.6. The molecule has 8 heteroatoms. The van der Waals surface area contributed by atoms with E-state index in [4.69, 9.17) is 0 Å². The number of alkyl halides is 3. The van der Waals surface area contributed by atoms with Crippen molar-refractivity contribution in [1.82, 2.24) is 4.98 Å². The highest BCUT2D eigenvalue weighted by atomic mass is 79.9. The van der Waals surface area contributed by atoms with Crippen LogP contribution in [0.1, 0.15) is 26.5 Å². The molecule has 0 unspecified atom stereocenters. The Bertz CT molecular complexity index is 951. The number of aromatic nitrogens is 1. The summed E-state index contributed by atoms with van der Waals surface area (Å²) in [6, 6.07) is 11.9. The molecule has 0 N–H and O–H groups in total. The molecule has 0 fully saturated rings. The lowest BCUT2D eigenvalue weighted by atomic mass is 10.1. The van der Waals surface area contributed by atoms with Gasteiger partial charge in [0.25, 0.3) is 0 Å². The van der Waals surface area contributed by atoms with Gasteiger partial charge in [0.1, 0.15) is 0 Å². The Morgan fingerprint density at radius 3 is 2.30 bits per heavy atom. The smallest absolute Gasteiger partial charge is 0.416 e. The number of ether oxygens (including phenoxy) is 1. The summed E-state index contributed by atoms with van der Waals surface area (Å²) in [5.41, 5.74) is 2.06. The SMILES string of the molecule is COC(=O)c1ccc(-c2nc(Cc3ccc(C(F)(F)F)cc3)sc2Br)cc1. The average Bonchev–Trinajstić information content (AvgIpc) is 3.01. The standard InChI is InChI=1S/C19H13BrF3NO2S/c1-26-18(25)13-6-4-12(5-7-13)16-17(20)27-15(24-16)10-11-2-8-14(9-3-11)19(21,22)23/h2-9H,10H2,1H3. The lowest BCUT2D eigenvalue weighted by Crippen LogP contribution is -2.04. The van der Waals surface area contributed by atoms with E-state index < -0.39 is 17.7 Å². The number of carbonyl (C=O) groups is 1. The van der Waals surface area contributed by atoms with Gasteiger partial charge in [0.05, 0.1) is 32.7 Å². The largest absolute Gasteiger partial charge is 0.465 e. The van der Waals surface area contributed by atoms with Crippen LogP contribution in [0.15, 0.2) is 52.3 Å². The van der Waals surface area contributed by atoms with Crippen LogP contribution in [0.2, 0.25) is 0 Å². The number of hydrogen-bond donors (Lipinski definition) is 0. The molecule has 0 spiro atoms. The molecule has 0 atom stereocenters. The van der Waals surface area contributed by atoms with E-state index in [0.717, 1.165) is 37.7 Å². The van der Waals surface area contributed by atoms with Gasteiger partial charge in [-0.25, -0.2) is 9.78 Å². The van der Waals surface area contributed by atoms with Gasteiger partial charge in [0, 0.05) is 12.0 Å². The second-order valence-electron chi connectivity index (χ2n) is 5.67. The Morgan fingerprint density at radius 1 is 1.11 bits per heavy atom. The van der Waals surface area contributed by atoms with Crippen LogP contribution in [-0.2, 0) is 17.3 Å². The first-order chi connectivity index (χ1) is 12.8. The van der Waals surface area contributed by atoms with Gasteiger partial charge >= 0.3 is 12.1 Å². The summed E-state index contributed by atoms with van der Waals surface area (Å²) in [6.45, 7) is 0. The van der Waals surface area contributed by atoms with E-state index in [9.17, 15) is 18.0 Å². The van der Waals surface area contributed by atoms with Gasteiger partial charge in [-0.3, -0.25) is 0 Å². The predicted molar refractivity (Wildman–Crippen MR) is 101 cm³/mol. The summed E-state index contributed by atoms with van der Waals surface area (Å²) >= 11 is 4.90. The van der Waals surface area contributed by atoms with Crippen LogP contribution >= 0.6 is 27.3 Å². The van der Waals surface area contributed by atoms with Gasteiger partial charge in [-0.05, 0) is 45.8 Å². The van der Waals surface area contributed by atoms with Crippen molar-refractivity contribution in [3.8, 4) is 11.3 Å². The molecule has 0 bridgehead atoms. The van der Waals surface area contributed by atoms with Crippen molar-refractivity contribution in [2.45, 2.75) is 12.6 Å². The zero-order valence-corrected chi connectivity index (χ0v) is 16.4. The Kier molecular flexibility index (Phi) is 5.67. The van der Waals surface area contributed by atoms with Crippen LogP contribution in [0.3, 0.4) is 0 Å². The van der Waals surface area contributed by atoms with Crippen LogP contribution in [0.4, 0.5) is 13.2 Å². The first-order valence-electron chi connectivity index (χ1n) is 7.78. The maximum Gasteiger partial charge on any atom is 0.416 e. The third-order valence-electron chi connectivity index (χ3n) is 3.85. The van der Waals surface area contributed by atoms with Gasteiger partial charge in [0.2, 0.25) is 0 Å². The number of benzene rings is 2. The monoisotopic (exact) mass is 455 g/mol. The molecule has 27 heavy (non-hydrogen) atoms.